The van der Waals surface area contributed by atoms with Gasteiger partial charge in [-0.05, 0) is 98.6 Å². The number of aliphatic imine (C=N–C) groups is 1. The zero-order chi connectivity index (χ0) is 24.9. The summed E-state index contributed by atoms with van der Waals surface area (Å²) < 4.78 is 7.46. The average Bonchev–Trinajstić information content (AvgIpc) is 3.14. The molecule has 0 bridgehead atoms. The zero-order valence-corrected chi connectivity index (χ0v) is 23.2. The summed E-state index contributed by atoms with van der Waals surface area (Å²) in [4.78, 5) is 19.9. The monoisotopic (exact) mass is 629 g/mol. The van der Waals surface area contributed by atoms with Gasteiger partial charge in [-0.15, -0.1) is 0 Å². The molecule has 1 aliphatic heterocycles. The minimum Gasteiger partial charge on any atom is -0.488 e. The van der Waals surface area contributed by atoms with Gasteiger partial charge in [0.2, 0.25) is 0 Å². The Labute approximate surface area is 229 Å². The summed E-state index contributed by atoms with van der Waals surface area (Å²) in [6.45, 7) is 2.70. The highest BCUT2D eigenvalue weighted by Gasteiger charge is 2.32. The molecule has 176 valence electrons. The summed E-state index contributed by atoms with van der Waals surface area (Å²) in [7, 11) is 0. The lowest BCUT2D eigenvalue weighted by Gasteiger charge is -2.12. The fraction of sp³-hybridized carbons (Fsp3) is 0.115. The molecule has 9 heteroatoms. The second-order valence-corrected chi connectivity index (χ2v) is 10.5. The molecule has 0 N–H and O–H groups in total. The average molecular weight is 632 g/mol. The van der Waals surface area contributed by atoms with Crippen molar-refractivity contribution in [3.63, 3.8) is 0 Å². The molecule has 1 aliphatic rings. The number of hydrogen-bond acceptors (Lipinski definition) is 5. The molecule has 1 heterocycles. The van der Waals surface area contributed by atoms with E-state index < -0.39 is 0 Å². The predicted octanol–water partition coefficient (Wildman–Crippen LogP) is 7.94. The zero-order valence-electron chi connectivity index (χ0n) is 18.5. The van der Waals surface area contributed by atoms with Crippen LogP contribution in [0.3, 0.4) is 0 Å². The van der Waals surface area contributed by atoms with Gasteiger partial charge in [0, 0.05) is 16.6 Å². The molecular weight excluding hydrogens is 614 g/mol. The summed E-state index contributed by atoms with van der Waals surface area (Å²) in [5, 5.41) is 10.4. The van der Waals surface area contributed by atoms with Crippen LogP contribution in [0, 0.1) is 11.3 Å². The van der Waals surface area contributed by atoms with Gasteiger partial charge in [-0.2, -0.15) is 5.26 Å². The van der Waals surface area contributed by atoms with E-state index >= 15 is 0 Å². The van der Waals surface area contributed by atoms with Crippen LogP contribution in [-0.2, 0) is 11.4 Å². The summed E-state index contributed by atoms with van der Waals surface area (Å²) in [5.41, 5.74) is 2.93. The number of ether oxygens (including phenoxy) is 1. The third-order valence-electron chi connectivity index (χ3n) is 5.11. The van der Waals surface area contributed by atoms with E-state index in [2.05, 4.69) is 42.9 Å². The molecule has 0 saturated carbocycles. The second-order valence-electron chi connectivity index (χ2n) is 7.40. The first-order valence-electron chi connectivity index (χ1n) is 10.5. The van der Waals surface area contributed by atoms with E-state index in [1.54, 1.807) is 17.0 Å². The molecule has 0 spiro atoms. The number of halogens is 3. The molecule has 1 fully saturated rings. The fourth-order valence-electron chi connectivity index (χ4n) is 3.32. The number of carbonyl (C=O) groups is 1. The number of likely N-dealkylation sites (N-methyl/N-ethyl adjacent to an activating group) is 1. The Kier molecular flexibility index (Phi) is 8.34. The van der Waals surface area contributed by atoms with Crippen LogP contribution in [0.5, 0.6) is 5.75 Å². The van der Waals surface area contributed by atoms with E-state index in [9.17, 15) is 10.1 Å². The third-order valence-corrected chi connectivity index (χ3v) is 7.97. The second kappa shape index (κ2) is 11.4. The van der Waals surface area contributed by atoms with Crippen molar-refractivity contribution in [1.29, 1.82) is 5.26 Å². The molecule has 0 aliphatic carbocycles. The van der Waals surface area contributed by atoms with Gasteiger partial charge in [0.1, 0.15) is 12.4 Å². The van der Waals surface area contributed by atoms with Crippen molar-refractivity contribution in [3.05, 3.63) is 96.2 Å². The van der Waals surface area contributed by atoms with E-state index in [-0.39, 0.29) is 12.5 Å². The van der Waals surface area contributed by atoms with Crippen LogP contribution in [0.1, 0.15) is 23.6 Å². The summed E-state index contributed by atoms with van der Waals surface area (Å²) >= 11 is 14.5. The van der Waals surface area contributed by atoms with Crippen LogP contribution in [0.4, 0.5) is 5.69 Å². The highest BCUT2D eigenvalue weighted by Crippen LogP contribution is 2.36. The smallest absolute Gasteiger partial charge is 0.266 e. The van der Waals surface area contributed by atoms with Gasteiger partial charge in [0.05, 0.1) is 31.7 Å². The molecule has 0 radical (unpaired) electrons. The van der Waals surface area contributed by atoms with Crippen LogP contribution in [0.15, 0.2) is 79.5 Å². The van der Waals surface area contributed by atoms with Gasteiger partial charge >= 0.3 is 0 Å². The molecule has 0 aromatic heterocycles. The highest BCUT2D eigenvalue weighted by molar-refractivity contribution is 9.10. The minimum atomic E-state index is -0.0935. The lowest BCUT2D eigenvalue weighted by atomic mass is 10.1. The molecule has 5 nitrogen and oxygen atoms in total. The van der Waals surface area contributed by atoms with Crippen molar-refractivity contribution in [2.45, 2.75) is 13.5 Å². The lowest BCUT2D eigenvalue weighted by molar-refractivity contribution is -0.122. The molecule has 1 saturated heterocycles. The van der Waals surface area contributed by atoms with E-state index in [0.29, 0.717) is 38.6 Å². The first-order chi connectivity index (χ1) is 16.9. The van der Waals surface area contributed by atoms with E-state index in [1.807, 2.05) is 61.5 Å². The van der Waals surface area contributed by atoms with Crippen LogP contribution < -0.4 is 4.74 Å². The summed E-state index contributed by atoms with van der Waals surface area (Å²) in [5.74, 6) is 0.555. The number of hydrogen-bond donors (Lipinski definition) is 0. The Morgan fingerprint density at radius 2 is 1.94 bits per heavy atom. The Morgan fingerprint density at radius 3 is 2.66 bits per heavy atom. The standard InChI is InChI=1S/C26H18Br2ClN3O2S/c1-2-32-25(33)24(35-26(32)31-19-8-9-20(27)22(29)13-19)12-16-7-10-23(21(28)11-16)34-15-18-6-4-3-5-17(18)14-30/h3-13H,2,15H2,1H3/b24-12-,31-26?. The lowest BCUT2D eigenvalue weighted by Crippen LogP contribution is -2.28. The number of amides is 1. The maximum atomic E-state index is 13.0. The first-order valence-corrected chi connectivity index (χ1v) is 13.3. The van der Waals surface area contributed by atoms with Gasteiger partial charge in [-0.1, -0.05) is 35.9 Å². The van der Waals surface area contributed by atoms with Crippen LogP contribution in [0.25, 0.3) is 6.08 Å². The summed E-state index contributed by atoms with van der Waals surface area (Å²) in [6, 6.07) is 20.6. The number of nitriles is 1. The minimum absolute atomic E-state index is 0.0935. The Morgan fingerprint density at radius 1 is 1.14 bits per heavy atom. The van der Waals surface area contributed by atoms with Gasteiger partial charge in [-0.25, -0.2) is 4.99 Å². The van der Waals surface area contributed by atoms with Crippen molar-refractivity contribution in [2.75, 3.05) is 6.54 Å². The van der Waals surface area contributed by atoms with Gasteiger partial charge in [0.25, 0.3) is 5.91 Å². The van der Waals surface area contributed by atoms with Crippen LogP contribution in [-0.4, -0.2) is 22.5 Å². The van der Waals surface area contributed by atoms with E-state index in [1.165, 1.54) is 11.8 Å². The summed E-state index contributed by atoms with van der Waals surface area (Å²) in [6.07, 6.45) is 1.84. The van der Waals surface area contributed by atoms with Crippen molar-refractivity contribution >= 4 is 78.1 Å². The molecule has 0 unspecified atom stereocenters. The van der Waals surface area contributed by atoms with Crippen molar-refractivity contribution in [2.24, 2.45) is 4.99 Å². The number of amidine groups is 1. The van der Waals surface area contributed by atoms with E-state index in [0.717, 1.165) is 20.1 Å². The normalized spacial score (nSPS) is 15.6. The first kappa shape index (κ1) is 25.5. The molecule has 1 amide bonds. The molecule has 3 aromatic rings. The van der Waals surface area contributed by atoms with Crippen LogP contribution >= 0.6 is 55.2 Å². The Hall–Kier alpha value is -2.57. The highest BCUT2D eigenvalue weighted by atomic mass is 79.9. The van der Waals surface area contributed by atoms with Crippen molar-refractivity contribution in [3.8, 4) is 11.8 Å². The topological polar surface area (TPSA) is 65.7 Å². The van der Waals surface area contributed by atoms with Gasteiger partial charge in [-0.3, -0.25) is 9.69 Å². The number of thioether (sulfide) groups is 1. The van der Waals surface area contributed by atoms with Crippen molar-refractivity contribution in [1.82, 2.24) is 4.90 Å². The van der Waals surface area contributed by atoms with Gasteiger partial charge in [0.15, 0.2) is 5.17 Å². The molecule has 35 heavy (non-hydrogen) atoms. The van der Waals surface area contributed by atoms with E-state index in [4.69, 9.17) is 16.3 Å². The molecule has 4 rings (SSSR count). The third kappa shape index (κ3) is 5.99. The van der Waals surface area contributed by atoms with Gasteiger partial charge < -0.3 is 4.74 Å². The van der Waals surface area contributed by atoms with Crippen molar-refractivity contribution < 1.29 is 9.53 Å². The predicted molar refractivity (Wildman–Crippen MR) is 149 cm³/mol. The Balaban J connectivity index is 1.53. The SMILES string of the molecule is CCN1C(=O)/C(=C/c2ccc(OCc3ccccc3C#N)c(Br)c2)SC1=Nc1ccc(Br)c(Cl)c1. The number of rotatable bonds is 6. The number of carbonyl (C=O) groups excluding carboxylic acids is 1. The Bertz CT molecular complexity index is 1400. The molecular formula is C26H18Br2ClN3O2S. The largest absolute Gasteiger partial charge is 0.488 e. The number of benzene rings is 3. The quantitative estimate of drug-likeness (QED) is 0.259. The van der Waals surface area contributed by atoms with Crippen LogP contribution in [0.2, 0.25) is 5.02 Å². The molecule has 3 aromatic carbocycles. The molecule has 0 atom stereocenters. The number of nitrogens with zero attached hydrogens (tertiary/aromatic N) is 3. The maximum Gasteiger partial charge on any atom is 0.266 e. The fourth-order valence-corrected chi connectivity index (χ4v) is 5.32. The maximum absolute atomic E-state index is 13.0.